The number of nitrogens with zero attached hydrogens (tertiary/aromatic N) is 3. The zero-order valence-electron chi connectivity index (χ0n) is 14.2. The van der Waals surface area contributed by atoms with Gasteiger partial charge in [-0.05, 0) is 29.8 Å². The Morgan fingerprint density at radius 2 is 2.28 bits per heavy atom. The molecule has 1 aromatic heterocycles. The van der Waals surface area contributed by atoms with Gasteiger partial charge in [-0.25, -0.2) is 9.07 Å². The molecule has 134 valence electrons. The molecule has 2 aliphatic heterocycles. The highest BCUT2D eigenvalue weighted by atomic mass is 19.1. The number of hydrogen-bond donors (Lipinski definition) is 1. The molecule has 2 aliphatic rings. The molecule has 0 unspecified atom stereocenters. The van der Waals surface area contributed by atoms with Crippen molar-refractivity contribution in [3.63, 3.8) is 0 Å². The SMILES string of the molecule is Fc1ccc(-n2cccn2)c(CN2CCO[C@]3(CNCCOC3)C2)c1. The molecule has 1 atom stereocenters. The van der Waals surface area contributed by atoms with Crippen molar-refractivity contribution < 1.29 is 13.9 Å². The first-order valence-electron chi connectivity index (χ1n) is 8.67. The van der Waals surface area contributed by atoms with Crippen LogP contribution >= 0.6 is 0 Å². The number of morpholine rings is 1. The number of ether oxygens (including phenoxy) is 2. The van der Waals surface area contributed by atoms with Crippen LogP contribution in [0.4, 0.5) is 4.39 Å². The van der Waals surface area contributed by atoms with Crippen LogP contribution in [0.1, 0.15) is 5.56 Å². The average Bonchev–Trinajstić information content (AvgIpc) is 3.04. The Morgan fingerprint density at radius 3 is 3.16 bits per heavy atom. The lowest BCUT2D eigenvalue weighted by atomic mass is 10.0. The quantitative estimate of drug-likeness (QED) is 0.905. The van der Waals surface area contributed by atoms with Gasteiger partial charge in [0.15, 0.2) is 0 Å². The van der Waals surface area contributed by atoms with Gasteiger partial charge in [-0.3, -0.25) is 4.90 Å². The number of rotatable bonds is 3. The van der Waals surface area contributed by atoms with Crippen LogP contribution in [0.25, 0.3) is 5.69 Å². The molecule has 7 heteroatoms. The van der Waals surface area contributed by atoms with Gasteiger partial charge in [0.05, 0.1) is 25.5 Å². The van der Waals surface area contributed by atoms with Crippen LogP contribution in [-0.2, 0) is 16.0 Å². The van der Waals surface area contributed by atoms with Crippen molar-refractivity contribution in [1.82, 2.24) is 20.0 Å². The predicted molar refractivity (Wildman–Crippen MR) is 91.2 cm³/mol. The molecule has 0 aliphatic carbocycles. The fourth-order valence-corrected chi connectivity index (χ4v) is 3.58. The van der Waals surface area contributed by atoms with Crippen LogP contribution in [0.3, 0.4) is 0 Å². The number of benzene rings is 1. The maximum absolute atomic E-state index is 13.8. The molecule has 1 aromatic carbocycles. The number of nitrogens with one attached hydrogen (secondary N) is 1. The Labute approximate surface area is 146 Å². The van der Waals surface area contributed by atoms with Gasteiger partial charge in [0.25, 0.3) is 0 Å². The minimum atomic E-state index is -0.325. The van der Waals surface area contributed by atoms with Crippen LogP contribution in [0.15, 0.2) is 36.7 Å². The monoisotopic (exact) mass is 346 g/mol. The summed E-state index contributed by atoms with van der Waals surface area (Å²) in [6.07, 6.45) is 3.60. The molecular weight excluding hydrogens is 323 g/mol. The Bertz CT molecular complexity index is 699. The van der Waals surface area contributed by atoms with Gasteiger partial charge in [0.1, 0.15) is 11.4 Å². The van der Waals surface area contributed by atoms with Crippen LogP contribution < -0.4 is 5.32 Å². The van der Waals surface area contributed by atoms with Crippen molar-refractivity contribution in [3.05, 3.63) is 48.0 Å². The Balaban J connectivity index is 1.54. The first-order chi connectivity index (χ1) is 12.2. The van der Waals surface area contributed by atoms with Gasteiger partial charge in [-0.2, -0.15) is 5.10 Å². The normalized spacial score (nSPS) is 25.2. The average molecular weight is 346 g/mol. The van der Waals surface area contributed by atoms with Gasteiger partial charge >= 0.3 is 0 Å². The van der Waals surface area contributed by atoms with E-state index in [0.717, 1.165) is 37.4 Å². The summed E-state index contributed by atoms with van der Waals surface area (Å²) in [5, 5.41) is 7.67. The van der Waals surface area contributed by atoms with Gasteiger partial charge < -0.3 is 14.8 Å². The van der Waals surface area contributed by atoms with Crippen LogP contribution in [0.2, 0.25) is 0 Å². The second kappa shape index (κ2) is 7.21. The number of hydrogen-bond acceptors (Lipinski definition) is 5. The lowest BCUT2D eigenvalue weighted by Crippen LogP contribution is -2.57. The van der Waals surface area contributed by atoms with E-state index in [0.29, 0.717) is 26.4 Å². The first-order valence-corrected chi connectivity index (χ1v) is 8.67. The molecule has 0 amide bonds. The largest absolute Gasteiger partial charge is 0.377 e. The summed E-state index contributed by atoms with van der Waals surface area (Å²) in [4.78, 5) is 2.31. The van der Waals surface area contributed by atoms with E-state index in [4.69, 9.17) is 9.47 Å². The fraction of sp³-hybridized carbons (Fsp3) is 0.500. The van der Waals surface area contributed by atoms with Gasteiger partial charge in [0.2, 0.25) is 0 Å². The molecule has 1 N–H and O–H groups in total. The standard InChI is InChI=1S/C18H23FN4O2/c19-16-2-3-17(23-6-1-4-21-23)15(10-16)11-22-7-9-25-18(13-22)12-20-5-8-24-14-18/h1-4,6,10,20H,5,7-9,11-14H2/t18-/m1/s1. The second-order valence-electron chi connectivity index (χ2n) is 6.70. The summed E-state index contributed by atoms with van der Waals surface area (Å²) >= 11 is 0. The van der Waals surface area contributed by atoms with Crippen LogP contribution in [0, 0.1) is 5.82 Å². The van der Waals surface area contributed by atoms with Crippen molar-refractivity contribution >= 4 is 0 Å². The maximum atomic E-state index is 13.8. The lowest BCUT2D eigenvalue weighted by molar-refractivity contribution is -0.135. The summed E-state index contributed by atoms with van der Waals surface area (Å²) in [6, 6.07) is 6.72. The van der Waals surface area contributed by atoms with E-state index in [-0.39, 0.29) is 11.4 Å². The summed E-state index contributed by atoms with van der Waals surface area (Å²) in [5.41, 5.74) is 1.50. The Hall–Kier alpha value is -1.80. The first kappa shape index (κ1) is 16.7. The molecule has 2 aromatic rings. The summed E-state index contributed by atoms with van der Waals surface area (Å²) in [6.45, 7) is 5.79. The zero-order chi connectivity index (χ0) is 17.1. The van der Waals surface area contributed by atoms with E-state index in [9.17, 15) is 4.39 Å². The molecule has 0 radical (unpaired) electrons. The van der Waals surface area contributed by atoms with E-state index in [1.54, 1.807) is 23.0 Å². The molecule has 3 heterocycles. The summed E-state index contributed by atoms with van der Waals surface area (Å²) in [7, 11) is 0. The Kier molecular flexibility index (Phi) is 4.80. The predicted octanol–water partition coefficient (Wildman–Crippen LogP) is 1.20. The zero-order valence-corrected chi connectivity index (χ0v) is 14.2. The maximum Gasteiger partial charge on any atom is 0.123 e. The third-order valence-corrected chi connectivity index (χ3v) is 4.75. The molecule has 2 fully saturated rings. The van der Waals surface area contributed by atoms with Crippen molar-refractivity contribution in [2.24, 2.45) is 0 Å². The van der Waals surface area contributed by atoms with E-state index >= 15 is 0 Å². The van der Waals surface area contributed by atoms with E-state index in [2.05, 4.69) is 15.3 Å². The molecule has 1 spiro atoms. The van der Waals surface area contributed by atoms with E-state index < -0.39 is 0 Å². The van der Waals surface area contributed by atoms with E-state index in [1.807, 2.05) is 12.3 Å². The topological polar surface area (TPSA) is 51.5 Å². The van der Waals surface area contributed by atoms with E-state index in [1.165, 1.54) is 6.07 Å². The number of aromatic nitrogens is 2. The smallest absolute Gasteiger partial charge is 0.123 e. The summed E-state index contributed by atoms with van der Waals surface area (Å²) in [5.74, 6) is -0.228. The summed E-state index contributed by atoms with van der Waals surface area (Å²) < 4.78 is 27.4. The van der Waals surface area contributed by atoms with Crippen LogP contribution in [-0.4, -0.2) is 66.3 Å². The molecular formula is C18H23FN4O2. The molecule has 2 saturated heterocycles. The minimum absolute atomic E-state index is 0.228. The molecule has 0 saturated carbocycles. The fourth-order valence-electron chi connectivity index (χ4n) is 3.58. The molecule has 6 nitrogen and oxygen atoms in total. The highest BCUT2D eigenvalue weighted by Crippen LogP contribution is 2.23. The van der Waals surface area contributed by atoms with Gasteiger partial charge in [-0.1, -0.05) is 0 Å². The van der Waals surface area contributed by atoms with Crippen molar-refractivity contribution in [1.29, 1.82) is 0 Å². The molecule has 25 heavy (non-hydrogen) atoms. The molecule has 0 bridgehead atoms. The van der Waals surface area contributed by atoms with Crippen LogP contribution in [0.5, 0.6) is 0 Å². The molecule has 4 rings (SSSR count). The van der Waals surface area contributed by atoms with Gasteiger partial charge in [-0.15, -0.1) is 0 Å². The third kappa shape index (κ3) is 3.74. The highest BCUT2D eigenvalue weighted by Gasteiger charge is 2.38. The highest BCUT2D eigenvalue weighted by molar-refractivity contribution is 5.40. The lowest BCUT2D eigenvalue weighted by Gasteiger charge is -2.42. The van der Waals surface area contributed by atoms with Gasteiger partial charge in [0, 0.05) is 45.1 Å². The van der Waals surface area contributed by atoms with Crippen molar-refractivity contribution in [3.8, 4) is 5.69 Å². The minimum Gasteiger partial charge on any atom is -0.377 e. The second-order valence-corrected chi connectivity index (χ2v) is 6.70. The number of halogens is 1. The third-order valence-electron chi connectivity index (χ3n) is 4.75. The van der Waals surface area contributed by atoms with Crippen molar-refractivity contribution in [2.45, 2.75) is 12.1 Å². The Morgan fingerprint density at radius 1 is 1.32 bits per heavy atom. The van der Waals surface area contributed by atoms with Crippen molar-refractivity contribution in [2.75, 3.05) is 46.0 Å².